The molecule has 0 fully saturated rings. The van der Waals surface area contributed by atoms with E-state index in [2.05, 4.69) is 15.9 Å². The number of non-ortho nitro benzene ring substituents is 1. The Kier molecular flexibility index (Phi) is 6.76. The Balaban J connectivity index is 1.51. The molecule has 0 aliphatic rings. The van der Waals surface area contributed by atoms with E-state index in [1.165, 1.54) is 30.3 Å². The van der Waals surface area contributed by atoms with Gasteiger partial charge in [0, 0.05) is 22.7 Å². The van der Waals surface area contributed by atoms with E-state index in [0.29, 0.717) is 6.61 Å². The van der Waals surface area contributed by atoms with Crippen molar-refractivity contribution in [2.45, 2.75) is 6.61 Å². The minimum atomic E-state index is -0.575. The van der Waals surface area contributed by atoms with Gasteiger partial charge < -0.3 is 9.47 Å². The topological polar surface area (TPSA) is 78.7 Å². The number of carbonyl (C=O) groups excluding carboxylic acids is 1. The van der Waals surface area contributed by atoms with Crippen molar-refractivity contribution in [2.75, 3.05) is 0 Å². The number of nitro groups is 1. The molecule has 3 aromatic carbocycles. The van der Waals surface area contributed by atoms with Crippen LogP contribution in [0.15, 0.2) is 83.3 Å². The lowest BCUT2D eigenvalue weighted by Gasteiger charge is -2.06. The average molecular weight is 454 g/mol. The third kappa shape index (κ3) is 6.29. The monoisotopic (exact) mass is 453 g/mol. The van der Waals surface area contributed by atoms with Crippen LogP contribution in [-0.4, -0.2) is 10.9 Å². The van der Waals surface area contributed by atoms with Gasteiger partial charge in [0.25, 0.3) is 5.69 Å². The number of nitrogens with zero attached hydrogens (tertiary/aromatic N) is 1. The Morgan fingerprint density at radius 2 is 1.55 bits per heavy atom. The van der Waals surface area contributed by atoms with Gasteiger partial charge in [0.15, 0.2) is 0 Å². The molecule has 0 aliphatic carbocycles. The Bertz CT molecular complexity index is 1010. The Morgan fingerprint density at radius 1 is 0.931 bits per heavy atom. The molecule has 6 nitrogen and oxygen atoms in total. The van der Waals surface area contributed by atoms with E-state index in [4.69, 9.17) is 9.47 Å². The zero-order valence-electron chi connectivity index (χ0n) is 15.2. The molecule has 0 bridgehead atoms. The zero-order chi connectivity index (χ0) is 20.6. The highest BCUT2D eigenvalue weighted by Crippen LogP contribution is 2.19. The van der Waals surface area contributed by atoms with Crippen molar-refractivity contribution < 1.29 is 19.2 Å². The number of carbonyl (C=O) groups is 1. The first-order valence-corrected chi connectivity index (χ1v) is 9.40. The summed E-state index contributed by atoms with van der Waals surface area (Å²) in [6.45, 7) is 0.462. The molecule has 0 unspecified atom stereocenters. The first-order valence-electron chi connectivity index (χ1n) is 8.61. The van der Waals surface area contributed by atoms with Crippen molar-refractivity contribution in [1.82, 2.24) is 0 Å². The van der Waals surface area contributed by atoms with E-state index in [1.807, 2.05) is 48.5 Å². The van der Waals surface area contributed by atoms with Crippen molar-refractivity contribution >= 4 is 33.7 Å². The molecule has 7 heteroatoms. The van der Waals surface area contributed by atoms with Gasteiger partial charge in [-0.2, -0.15) is 0 Å². The number of nitro benzene ring substituents is 1. The SMILES string of the molecule is O=C(/C=C/c1ccc(OCc2ccc(Br)cc2)cc1)Oc1ccc([N+](=O)[O-])cc1. The van der Waals surface area contributed by atoms with E-state index in [0.717, 1.165) is 21.3 Å². The number of halogens is 1. The highest BCUT2D eigenvalue weighted by atomic mass is 79.9. The summed E-state index contributed by atoms with van der Waals surface area (Å²) >= 11 is 3.40. The molecule has 0 N–H and O–H groups in total. The van der Waals surface area contributed by atoms with Crippen LogP contribution in [0.1, 0.15) is 11.1 Å². The summed E-state index contributed by atoms with van der Waals surface area (Å²) < 4.78 is 11.9. The quantitative estimate of drug-likeness (QED) is 0.154. The van der Waals surface area contributed by atoms with Crippen molar-refractivity contribution in [3.05, 3.63) is 105 Å². The first kappa shape index (κ1) is 20.3. The van der Waals surface area contributed by atoms with E-state index in [-0.39, 0.29) is 11.4 Å². The van der Waals surface area contributed by atoms with E-state index in [1.54, 1.807) is 6.08 Å². The second kappa shape index (κ2) is 9.66. The fourth-order valence-electron chi connectivity index (χ4n) is 2.37. The highest BCUT2D eigenvalue weighted by Gasteiger charge is 2.06. The maximum Gasteiger partial charge on any atom is 0.336 e. The predicted octanol–water partition coefficient (Wildman–Crippen LogP) is 5.56. The van der Waals surface area contributed by atoms with E-state index < -0.39 is 10.9 Å². The summed E-state index contributed by atoms with van der Waals surface area (Å²) in [4.78, 5) is 22.0. The van der Waals surface area contributed by atoms with Crippen LogP contribution >= 0.6 is 15.9 Å². The van der Waals surface area contributed by atoms with Gasteiger partial charge in [-0.3, -0.25) is 10.1 Å². The molecule has 3 rings (SSSR count). The maximum absolute atomic E-state index is 11.9. The minimum absolute atomic E-state index is 0.0669. The van der Waals surface area contributed by atoms with Crippen molar-refractivity contribution in [2.24, 2.45) is 0 Å². The minimum Gasteiger partial charge on any atom is -0.489 e. The molecule has 3 aromatic rings. The Hall–Kier alpha value is -3.45. The molecule has 0 aromatic heterocycles. The number of ether oxygens (including phenoxy) is 2. The first-order chi connectivity index (χ1) is 14.0. The van der Waals surface area contributed by atoms with Gasteiger partial charge in [-0.1, -0.05) is 40.2 Å². The standard InChI is InChI=1S/C22H16BrNO5/c23-18-6-1-17(2-7-18)15-28-20-10-3-16(4-11-20)5-14-22(25)29-21-12-8-19(9-13-21)24(26)27/h1-14H,15H2/b14-5+. The average Bonchev–Trinajstić information content (AvgIpc) is 2.73. The van der Waals surface area contributed by atoms with Crippen molar-refractivity contribution in [1.29, 1.82) is 0 Å². The van der Waals surface area contributed by atoms with Crippen LogP contribution in [-0.2, 0) is 11.4 Å². The molecule has 0 saturated heterocycles. The van der Waals surface area contributed by atoms with Crippen molar-refractivity contribution in [3.8, 4) is 11.5 Å². The lowest BCUT2D eigenvalue weighted by Crippen LogP contribution is -2.03. The van der Waals surface area contributed by atoms with Crippen LogP contribution < -0.4 is 9.47 Å². The fourth-order valence-corrected chi connectivity index (χ4v) is 2.64. The molecular weight excluding hydrogens is 438 g/mol. The van der Waals surface area contributed by atoms with Gasteiger partial charge >= 0.3 is 5.97 Å². The van der Waals surface area contributed by atoms with Crippen LogP contribution in [0.3, 0.4) is 0 Å². The van der Waals surface area contributed by atoms with Gasteiger partial charge in [0.05, 0.1) is 4.92 Å². The van der Waals surface area contributed by atoms with Crippen LogP contribution in [0.25, 0.3) is 6.08 Å². The molecule has 29 heavy (non-hydrogen) atoms. The lowest BCUT2D eigenvalue weighted by molar-refractivity contribution is -0.384. The smallest absolute Gasteiger partial charge is 0.336 e. The molecule has 0 radical (unpaired) electrons. The second-order valence-corrected chi connectivity index (χ2v) is 6.91. The van der Waals surface area contributed by atoms with Crippen LogP contribution in [0.5, 0.6) is 11.5 Å². The molecule has 0 saturated carbocycles. The summed E-state index contributed by atoms with van der Waals surface area (Å²) in [5.41, 5.74) is 1.80. The van der Waals surface area contributed by atoms with Gasteiger partial charge in [-0.05, 0) is 53.6 Å². The van der Waals surface area contributed by atoms with Gasteiger partial charge in [-0.25, -0.2) is 4.79 Å². The summed E-state index contributed by atoms with van der Waals surface area (Å²) in [7, 11) is 0. The number of benzene rings is 3. The summed E-state index contributed by atoms with van der Waals surface area (Å²) in [5.74, 6) is 0.384. The van der Waals surface area contributed by atoms with Gasteiger partial charge in [-0.15, -0.1) is 0 Å². The van der Waals surface area contributed by atoms with Crippen molar-refractivity contribution in [3.63, 3.8) is 0 Å². The molecule has 146 valence electrons. The Morgan fingerprint density at radius 3 is 2.17 bits per heavy atom. The largest absolute Gasteiger partial charge is 0.489 e. The highest BCUT2D eigenvalue weighted by molar-refractivity contribution is 9.10. The maximum atomic E-state index is 11.9. The summed E-state index contributed by atoms with van der Waals surface area (Å²) in [6, 6.07) is 20.5. The van der Waals surface area contributed by atoms with E-state index >= 15 is 0 Å². The van der Waals surface area contributed by atoms with E-state index in [9.17, 15) is 14.9 Å². The normalized spacial score (nSPS) is 10.7. The molecule has 0 spiro atoms. The molecule has 0 aliphatic heterocycles. The molecular formula is C22H16BrNO5. The zero-order valence-corrected chi connectivity index (χ0v) is 16.7. The molecule has 0 amide bonds. The molecule has 0 atom stereocenters. The molecule has 0 heterocycles. The summed E-state index contributed by atoms with van der Waals surface area (Å²) in [5, 5.41) is 10.6. The number of esters is 1. The number of hydrogen-bond donors (Lipinski definition) is 0. The number of hydrogen-bond acceptors (Lipinski definition) is 5. The summed E-state index contributed by atoms with van der Waals surface area (Å²) in [6.07, 6.45) is 2.91. The van der Waals surface area contributed by atoms with Crippen LogP contribution in [0.2, 0.25) is 0 Å². The van der Waals surface area contributed by atoms with Gasteiger partial charge in [0.1, 0.15) is 18.1 Å². The second-order valence-electron chi connectivity index (χ2n) is 5.99. The van der Waals surface area contributed by atoms with Gasteiger partial charge in [0.2, 0.25) is 0 Å². The number of rotatable bonds is 7. The van der Waals surface area contributed by atoms with Crippen LogP contribution in [0.4, 0.5) is 5.69 Å². The lowest BCUT2D eigenvalue weighted by atomic mass is 10.2. The third-order valence-electron chi connectivity index (χ3n) is 3.88. The predicted molar refractivity (Wildman–Crippen MR) is 113 cm³/mol. The fraction of sp³-hybridized carbons (Fsp3) is 0.0455. The van der Waals surface area contributed by atoms with Crippen LogP contribution in [0, 0.1) is 10.1 Å². The third-order valence-corrected chi connectivity index (χ3v) is 4.41. The Labute approximate surface area is 175 Å².